The number of nitrogens with one attached hydrogen (secondary N) is 2. The number of benzene rings is 4. The summed E-state index contributed by atoms with van der Waals surface area (Å²) < 4.78 is 0. The van der Waals surface area contributed by atoms with Gasteiger partial charge in [-0.15, -0.1) is 0 Å². The molecule has 8 N–H and O–H groups in total. The molecule has 0 saturated heterocycles. The number of hydrogen-bond donors (Lipinski definition) is 8. The van der Waals surface area contributed by atoms with E-state index in [0.29, 0.717) is 11.5 Å². The first-order chi connectivity index (χ1) is 22.5. The smallest absolute Gasteiger partial charge is 0.336 e. The third kappa shape index (κ3) is 40.0. The zero-order valence-corrected chi connectivity index (χ0v) is 34.2. The van der Waals surface area contributed by atoms with E-state index in [2.05, 4.69) is 10.6 Å². The van der Waals surface area contributed by atoms with Crippen LogP contribution in [0.15, 0.2) is 109 Å². The number of hydrogen-bond acceptors (Lipinski definition) is 8. The third-order valence-electron chi connectivity index (χ3n) is 4.77. The van der Waals surface area contributed by atoms with E-state index >= 15 is 0 Å². The number of phenolic OH excluding ortho intramolecular Hbond substituents is 2. The molecule has 0 saturated carbocycles. The van der Waals surface area contributed by atoms with Gasteiger partial charge in [0.05, 0.1) is 22.3 Å². The Bertz CT molecular complexity index is 1310. The van der Waals surface area contributed by atoms with Gasteiger partial charge in [0, 0.05) is 79.5 Å². The molecule has 4 rings (SSSR count). The summed E-state index contributed by atoms with van der Waals surface area (Å²) >= 11 is 0. The Hall–Kier alpha value is -3.51. The normalized spacial score (nSPS) is 7.13. The van der Waals surface area contributed by atoms with Crippen LogP contribution < -0.4 is 10.6 Å². The molecular formula is C41H70N2O10Y2. The summed E-state index contributed by atoms with van der Waals surface area (Å²) in [6.45, 7) is 7.25. The van der Waals surface area contributed by atoms with Gasteiger partial charge in [-0.3, -0.25) is 9.59 Å². The summed E-state index contributed by atoms with van der Waals surface area (Å²) in [6.07, 6.45) is 0. The number of aliphatic hydroxyl groups excluding tert-OH is 1. The molecule has 0 spiro atoms. The van der Waals surface area contributed by atoms with Gasteiger partial charge < -0.3 is 41.3 Å². The molecule has 0 fully saturated rings. The monoisotopic (exact) mass is 928 g/mol. The maximum Gasteiger partial charge on any atom is 0.336 e. The first-order valence-electron chi connectivity index (χ1n) is 14.3. The Morgan fingerprint density at radius 1 is 0.436 bits per heavy atom. The molecule has 4 aromatic rings. The summed E-state index contributed by atoms with van der Waals surface area (Å²) in [6, 6.07) is 29.6. The second-order valence-electron chi connectivity index (χ2n) is 7.67. The van der Waals surface area contributed by atoms with Crippen LogP contribution in [0.3, 0.4) is 0 Å². The number of carboxylic acids is 2. The molecule has 0 bridgehead atoms. The molecule has 0 heterocycles. The Labute approximate surface area is 382 Å². The van der Waals surface area contributed by atoms with Crippen molar-refractivity contribution in [2.24, 2.45) is 0 Å². The Kier molecular flexibility index (Phi) is 79.8. The van der Waals surface area contributed by atoms with Crippen LogP contribution in [0, 0.1) is 0 Å². The second kappa shape index (κ2) is 54.8. The maximum absolute atomic E-state index is 11.2. The molecule has 2 radical (unpaired) electrons. The Balaban J connectivity index is -0.0000000482. The van der Waals surface area contributed by atoms with Crippen LogP contribution in [0.4, 0.5) is 0 Å². The Morgan fingerprint density at radius 3 is 0.764 bits per heavy atom. The number of aromatic carboxylic acids is 2. The molecule has 0 aliphatic heterocycles. The van der Waals surface area contributed by atoms with E-state index in [1.807, 2.05) is 39.8 Å². The van der Waals surface area contributed by atoms with E-state index < -0.39 is 30.5 Å². The van der Waals surface area contributed by atoms with Gasteiger partial charge in [0.25, 0.3) is 11.8 Å². The van der Waals surface area contributed by atoms with Crippen LogP contribution in [0.25, 0.3) is 0 Å². The van der Waals surface area contributed by atoms with Crippen LogP contribution in [0.2, 0.25) is 0 Å². The molecule has 310 valence electrons. The van der Waals surface area contributed by atoms with E-state index in [1.54, 1.807) is 72.8 Å². The molecule has 0 unspecified atom stereocenters. The minimum Gasteiger partial charge on any atom is -0.508 e. The standard InChI is InChI=1S/2C9H9NO3.2C6H6O.2C2H6.CH4O2.6CH4.2Y/c2*1-10-8(11)6-4-2-3-5-7(6)9(12)13;2*7-6-4-2-1-3-5-6;2*1-2;2-1-3;;;;;;;;/h2*2-5H,1H3,(H,10,11)(H,12,13);2*1-5,7H;2*1-2H3;2-3H,1H2;6*1H4;;. The Morgan fingerprint density at radius 2 is 0.618 bits per heavy atom. The van der Waals surface area contributed by atoms with Crippen molar-refractivity contribution in [2.45, 2.75) is 72.3 Å². The molecule has 4 aromatic carbocycles. The van der Waals surface area contributed by atoms with Gasteiger partial charge >= 0.3 is 11.9 Å². The molecule has 0 aromatic heterocycles. The number of carboxylic acid groups (broad SMARTS) is 2. The summed E-state index contributed by atoms with van der Waals surface area (Å²) in [4.78, 5) is 43.7. The minimum absolute atomic E-state index is 0. The predicted molar refractivity (Wildman–Crippen MR) is 222 cm³/mol. The van der Waals surface area contributed by atoms with E-state index in [1.165, 1.54) is 38.4 Å². The van der Waals surface area contributed by atoms with E-state index in [9.17, 15) is 19.2 Å². The third-order valence-corrected chi connectivity index (χ3v) is 4.77. The number of phenols is 2. The fraction of sp³-hybridized carbons (Fsp3) is 0.317. The molecule has 14 heteroatoms. The molecule has 0 aliphatic rings. The van der Waals surface area contributed by atoms with Crippen molar-refractivity contribution in [1.29, 1.82) is 0 Å². The van der Waals surface area contributed by atoms with Crippen molar-refractivity contribution in [3.05, 3.63) is 131 Å². The topological polar surface area (TPSA) is 214 Å². The van der Waals surface area contributed by atoms with Gasteiger partial charge in [-0.1, -0.05) is 133 Å². The number of amides is 2. The van der Waals surface area contributed by atoms with Gasteiger partial charge in [0.15, 0.2) is 0 Å². The summed E-state index contributed by atoms with van der Waals surface area (Å²) in [7, 11) is 2.92. The second-order valence-corrected chi connectivity index (χ2v) is 7.67. The van der Waals surface area contributed by atoms with Gasteiger partial charge in [-0.25, -0.2) is 9.59 Å². The quantitative estimate of drug-likeness (QED) is 0.0910. The van der Waals surface area contributed by atoms with Crippen molar-refractivity contribution in [2.75, 3.05) is 20.9 Å². The number of aliphatic hydroxyl groups is 2. The van der Waals surface area contributed by atoms with Crippen molar-refractivity contribution in [3.8, 4) is 11.5 Å². The molecule has 2 amide bonds. The van der Waals surface area contributed by atoms with Gasteiger partial charge in [0.1, 0.15) is 18.3 Å². The predicted octanol–water partition coefficient (Wildman–Crippen LogP) is 9.07. The first kappa shape index (κ1) is 80.1. The van der Waals surface area contributed by atoms with Crippen molar-refractivity contribution < 1.29 is 115 Å². The molecule has 0 atom stereocenters. The van der Waals surface area contributed by atoms with Crippen molar-refractivity contribution >= 4 is 23.8 Å². The van der Waals surface area contributed by atoms with Gasteiger partial charge in [0.2, 0.25) is 0 Å². The summed E-state index contributed by atoms with van der Waals surface area (Å²) in [5.41, 5.74) is 0.388. The molecule has 0 aliphatic carbocycles. The number of aromatic hydroxyl groups is 2. The zero-order valence-electron chi connectivity index (χ0n) is 28.6. The number of rotatable bonds is 4. The van der Waals surface area contributed by atoms with Crippen LogP contribution in [0.1, 0.15) is 114 Å². The van der Waals surface area contributed by atoms with Gasteiger partial charge in [-0.05, 0) is 48.5 Å². The number of carbonyl (C=O) groups is 4. The number of para-hydroxylation sites is 2. The van der Waals surface area contributed by atoms with Crippen LogP contribution in [-0.4, -0.2) is 75.3 Å². The molecule has 12 nitrogen and oxygen atoms in total. The van der Waals surface area contributed by atoms with Crippen molar-refractivity contribution in [1.82, 2.24) is 10.6 Å². The average Bonchev–Trinajstić information content (AvgIpc) is 3.11. The fourth-order valence-electron chi connectivity index (χ4n) is 2.86. The summed E-state index contributed by atoms with van der Waals surface area (Å²) in [5.74, 6) is -2.33. The van der Waals surface area contributed by atoms with Crippen LogP contribution in [0.5, 0.6) is 11.5 Å². The van der Waals surface area contributed by atoms with Gasteiger partial charge in [-0.2, -0.15) is 0 Å². The fourth-order valence-corrected chi connectivity index (χ4v) is 2.86. The molecule has 55 heavy (non-hydrogen) atoms. The van der Waals surface area contributed by atoms with E-state index in [0.717, 1.165) is 0 Å². The van der Waals surface area contributed by atoms with E-state index in [-0.39, 0.29) is 132 Å². The number of carbonyl (C=O) groups excluding carboxylic acids is 2. The average molecular weight is 929 g/mol. The van der Waals surface area contributed by atoms with E-state index in [4.69, 9.17) is 30.6 Å². The van der Waals surface area contributed by atoms with Crippen LogP contribution in [-0.2, 0) is 65.4 Å². The van der Waals surface area contributed by atoms with Crippen molar-refractivity contribution in [3.63, 3.8) is 0 Å². The first-order valence-corrected chi connectivity index (χ1v) is 14.3. The van der Waals surface area contributed by atoms with Crippen LogP contribution >= 0.6 is 0 Å². The SMILES string of the molecule is C.C.C.C.C.C.CC.CC.CNC(=O)c1ccccc1C(=O)O.CNC(=O)c1ccccc1C(=O)O.OCO.Oc1ccccc1.Oc1ccccc1.[Y].[Y]. The summed E-state index contributed by atoms with van der Waals surface area (Å²) in [5, 5.41) is 53.7. The maximum atomic E-state index is 11.2. The molecular weight excluding hydrogens is 858 g/mol. The largest absolute Gasteiger partial charge is 0.508 e. The minimum atomic E-state index is -1.10. The zero-order chi connectivity index (χ0) is 36.6.